The van der Waals surface area contributed by atoms with Gasteiger partial charge in [0.15, 0.2) is 0 Å². The van der Waals surface area contributed by atoms with Gasteiger partial charge in [-0.15, -0.1) is 0 Å². The van der Waals surface area contributed by atoms with Crippen molar-refractivity contribution in [3.63, 3.8) is 0 Å². The Labute approximate surface area is 79.5 Å². The highest BCUT2D eigenvalue weighted by Crippen LogP contribution is 2.22. The molecule has 0 fully saturated rings. The quantitative estimate of drug-likeness (QED) is 0.701. The van der Waals surface area contributed by atoms with Crippen LogP contribution in [0.3, 0.4) is 0 Å². The molecule has 78 valence electrons. The summed E-state index contributed by atoms with van der Waals surface area (Å²) in [5.74, 6) is -0.768. The molecule has 4 nitrogen and oxygen atoms in total. The van der Waals surface area contributed by atoms with Crippen LogP contribution in [-0.4, -0.2) is 22.4 Å². The van der Waals surface area contributed by atoms with Crippen LogP contribution in [0.15, 0.2) is 6.20 Å². The van der Waals surface area contributed by atoms with E-state index < -0.39 is 18.1 Å². The van der Waals surface area contributed by atoms with E-state index >= 15 is 0 Å². The number of alkyl halides is 2. The van der Waals surface area contributed by atoms with Crippen LogP contribution in [0.4, 0.5) is 8.78 Å². The third kappa shape index (κ3) is 1.89. The molecule has 1 aromatic heterocycles. The minimum atomic E-state index is -2.73. The molecule has 0 N–H and O–H groups in total. The predicted octanol–water partition coefficient (Wildman–Crippen LogP) is 1.53. The molecule has 0 unspecified atom stereocenters. The molecule has 6 heteroatoms. The minimum absolute atomic E-state index is 0.149. The van der Waals surface area contributed by atoms with Gasteiger partial charge in [-0.05, 0) is 6.92 Å². The van der Waals surface area contributed by atoms with Gasteiger partial charge in [-0.25, -0.2) is 13.6 Å². The smallest absolute Gasteiger partial charge is 0.341 e. The van der Waals surface area contributed by atoms with Crippen molar-refractivity contribution in [2.75, 3.05) is 6.61 Å². The summed E-state index contributed by atoms with van der Waals surface area (Å²) >= 11 is 0. The lowest BCUT2D eigenvalue weighted by Crippen LogP contribution is -2.09. The van der Waals surface area contributed by atoms with Crippen LogP contribution < -0.4 is 0 Å². The molecule has 0 aromatic carbocycles. The Morgan fingerprint density at radius 2 is 2.36 bits per heavy atom. The van der Waals surface area contributed by atoms with Gasteiger partial charge in [0.05, 0.1) is 12.8 Å². The molecule has 0 spiro atoms. The van der Waals surface area contributed by atoms with Gasteiger partial charge in [0, 0.05) is 7.05 Å². The van der Waals surface area contributed by atoms with Crippen molar-refractivity contribution in [2.45, 2.75) is 13.3 Å². The molecular formula is C8H10F2N2O2. The van der Waals surface area contributed by atoms with Crippen LogP contribution in [-0.2, 0) is 11.8 Å². The van der Waals surface area contributed by atoms with Gasteiger partial charge >= 0.3 is 5.97 Å². The summed E-state index contributed by atoms with van der Waals surface area (Å²) in [6, 6.07) is 0. The highest BCUT2D eigenvalue weighted by molar-refractivity contribution is 5.90. The Bertz CT molecular complexity index is 336. The fourth-order valence-electron chi connectivity index (χ4n) is 1.07. The summed E-state index contributed by atoms with van der Waals surface area (Å²) in [5.41, 5.74) is -0.590. The van der Waals surface area contributed by atoms with Gasteiger partial charge in [0.2, 0.25) is 0 Å². The SMILES string of the molecule is CCOC(=O)c1cnn(C)c1C(F)F. The van der Waals surface area contributed by atoms with Gasteiger partial charge in [0.1, 0.15) is 11.3 Å². The van der Waals surface area contributed by atoms with Gasteiger partial charge in [-0.3, -0.25) is 4.68 Å². The zero-order chi connectivity index (χ0) is 10.7. The summed E-state index contributed by atoms with van der Waals surface area (Å²) in [6.07, 6.45) is -1.65. The van der Waals surface area contributed by atoms with Gasteiger partial charge in [-0.2, -0.15) is 5.10 Å². The van der Waals surface area contributed by atoms with Crippen molar-refractivity contribution < 1.29 is 18.3 Å². The predicted molar refractivity (Wildman–Crippen MR) is 44.1 cm³/mol. The van der Waals surface area contributed by atoms with Crippen molar-refractivity contribution in [3.05, 3.63) is 17.5 Å². The second kappa shape index (κ2) is 4.17. The molecule has 1 heterocycles. The minimum Gasteiger partial charge on any atom is -0.462 e. The van der Waals surface area contributed by atoms with Crippen molar-refractivity contribution in [1.29, 1.82) is 0 Å². The highest BCUT2D eigenvalue weighted by Gasteiger charge is 2.23. The largest absolute Gasteiger partial charge is 0.462 e. The van der Waals surface area contributed by atoms with E-state index in [0.717, 1.165) is 10.9 Å². The summed E-state index contributed by atoms with van der Waals surface area (Å²) in [4.78, 5) is 11.2. The topological polar surface area (TPSA) is 44.1 Å². The zero-order valence-corrected chi connectivity index (χ0v) is 7.83. The lowest BCUT2D eigenvalue weighted by atomic mass is 10.2. The number of hydrogen-bond donors (Lipinski definition) is 0. The standard InChI is InChI=1S/C8H10F2N2O2/c1-3-14-8(13)5-4-11-12(2)6(5)7(9)10/h4,7H,3H2,1-2H3. The van der Waals surface area contributed by atoms with Crippen molar-refractivity contribution in [1.82, 2.24) is 9.78 Å². The van der Waals surface area contributed by atoms with Crippen molar-refractivity contribution >= 4 is 5.97 Å². The molecule has 0 atom stereocenters. The number of nitrogens with zero attached hydrogens (tertiary/aromatic N) is 2. The molecule has 14 heavy (non-hydrogen) atoms. The Morgan fingerprint density at radius 1 is 1.71 bits per heavy atom. The average molecular weight is 204 g/mol. The molecule has 0 amide bonds. The zero-order valence-electron chi connectivity index (χ0n) is 7.83. The van der Waals surface area contributed by atoms with Crippen LogP contribution in [0.5, 0.6) is 0 Å². The van der Waals surface area contributed by atoms with E-state index in [9.17, 15) is 13.6 Å². The van der Waals surface area contributed by atoms with E-state index in [-0.39, 0.29) is 12.2 Å². The first kappa shape index (κ1) is 10.6. The molecule has 0 radical (unpaired) electrons. The summed E-state index contributed by atoms with van der Waals surface area (Å²) < 4.78 is 30.5. The molecule has 0 aliphatic heterocycles. The average Bonchev–Trinajstić information content (AvgIpc) is 2.47. The summed E-state index contributed by atoms with van der Waals surface area (Å²) in [5, 5.41) is 3.58. The number of rotatable bonds is 3. The molecule has 0 bridgehead atoms. The first-order valence-corrected chi connectivity index (χ1v) is 4.05. The number of aryl methyl sites for hydroxylation is 1. The second-order valence-electron chi connectivity index (χ2n) is 2.59. The first-order chi connectivity index (χ1) is 6.57. The van der Waals surface area contributed by atoms with Crippen molar-refractivity contribution in [2.24, 2.45) is 7.05 Å². The van der Waals surface area contributed by atoms with Crippen LogP contribution >= 0.6 is 0 Å². The Balaban J connectivity index is 3.02. The van der Waals surface area contributed by atoms with Crippen LogP contribution in [0.25, 0.3) is 0 Å². The fourth-order valence-corrected chi connectivity index (χ4v) is 1.07. The number of esters is 1. The third-order valence-electron chi connectivity index (χ3n) is 1.69. The fraction of sp³-hybridized carbons (Fsp3) is 0.500. The van der Waals surface area contributed by atoms with Gasteiger partial charge in [-0.1, -0.05) is 0 Å². The van der Waals surface area contributed by atoms with E-state index in [1.54, 1.807) is 6.92 Å². The number of halogens is 2. The maximum absolute atomic E-state index is 12.5. The number of carbonyl (C=O) groups excluding carboxylic acids is 1. The second-order valence-corrected chi connectivity index (χ2v) is 2.59. The number of hydrogen-bond acceptors (Lipinski definition) is 3. The van der Waals surface area contributed by atoms with E-state index in [0.29, 0.717) is 0 Å². The summed E-state index contributed by atoms with van der Waals surface area (Å²) in [7, 11) is 1.35. The number of ether oxygens (including phenoxy) is 1. The van der Waals surface area contributed by atoms with Gasteiger partial charge < -0.3 is 4.74 Å². The van der Waals surface area contributed by atoms with E-state index in [2.05, 4.69) is 9.84 Å². The monoisotopic (exact) mass is 204 g/mol. The molecule has 0 aliphatic rings. The van der Waals surface area contributed by atoms with E-state index in [1.807, 2.05) is 0 Å². The normalized spacial score (nSPS) is 10.6. The highest BCUT2D eigenvalue weighted by atomic mass is 19.3. The Hall–Kier alpha value is -1.46. The Morgan fingerprint density at radius 3 is 2.86 bits per heavy atom. The molecule has 0 saturated carbocycles. The lowest BCUT2D eigenvalue weighted by Gasteiger charge is -2.03. The molecule has 0 saturated heterocycles. The Kier molecular flexibility index (Phi) is 3.16. The third-order valence-corrected chi connectivity index (χ3v) is 1.69. The van der Waals surface area contributed by atoms with Crippen LogP contribution in [0.2, 0.25) is 0 Å². The maximum Gasteiger partial charge on any atom is 0.341 e. The number of aromatic nitrogens is 2. The number of carbonyl (C=O) groups is 1. The van der Waals surface area contributed by atoms with Crippen molar-refractivity contribution in [3.8, 4) is 0 Å². The van der Waals surface area contributed by atoms with Crippen LogP contribution in [0, 0.1) is 0 Å². The first-order valence-electron chi connectivity index (χ1n) is 4.05. The molecule has 0 aliphatic carbocycles. The van der Waals surface area contributed by atoms with E-state index in [4.69, 9.17) is 0 Å². The molecule has 1 rings (SSSR count). The molecule has 1 aromatic rings. The maximum atomic E-state index is 12.5. The summed E-state index contributed by atoms with van der Waals surface area (Å²) in [6.45, 7) is 1.76. The van der Waals surface area contributed by atoms with Gasteiger partial charge in [0.25, 0.3) is 6.43 Å². The van der Waals surface area contributed by atoms with Crippen LogP contribution in [0.1, 0.15) is 29.4 Å². The molecular weight excluding hydrogens is 194 g/mol. The van der Waals surface area contributed by atoms with E-state index in [1.165, 1.54) is 7.05 Å². The lowest BCUT2D eigenvalue weighted by molar-refractivity contribution is 0.0514.